The van der Waals surface area contributed by atoms with Gasteiger partial charge in [0.25, 0.3) is 0 Å². The Morgan fingerprint density at radius 1 is 1.05 bits per heavy atom. The van der Waals surface area contributed by atoms with Crippen molar-refractivity contribution in [3.63, 3.8) is 0 Å². The molecule has 0 amide bonds. The minimum Gasteiger partial charge on any atom is -0.497 e. The standard InChI is InChI=1S/C20H20O2/c1-13-10-14(2)18-9-6-16(20(21)19(18)11-13)12-15-4-7-17(22-3)8-5-15/h4-5,7-8,10-12H,6,9H2,1-3H3/b16-12+. The van der Waals surface area contributed by atoms with Crippen LogP contribution in [0.15, 0.2) is 42.0 Å². The van der Waals surface area contributed by atoms with Gasteiger partial charge in [-0.3, -0.25) is 4.79 Å². The van der Waals surface area contributed by atoms with Crippen LogP contribution in [-0.4, -0.2) is 12.9 Å². The first-order valence-electron chi connectivity index (χ1n) is 7.58. The SMILES string of the molecule is COc1ccc(/C=C2\CCc3c(C)cc(C)cc3C2=O)cc1. The first-order valence-corrected chi connectivity index (χ1v) is 7.58. The molecule has 0 aromatic heterocycles. The third-order valence-electron chi connectivity index (χ3n) is 4.25. The molecule has 112 valence electrons. The van der Waals surface area contributed by atoms with Crippen LogP contribution in [0.4, 0.5) is 0 Å². The highest BCUT2D eigenvalue weighted by atomic mass is 16.5. The van der Waals surface area contributed by atoms with Gasteiger partial charge >= 0.3 is 0 Å². The quantitative estimate of drug-likeness (QED) is 0.760. The van der Waals surface area contributed by atoms with Crippen molar-refractivity contribution in [1.29, 1.82) is 0 Å². The van der Waals surface area contributed by atoms with Gasteiger partial charge in [-0.15, -0.1) is 0 Å². The smallest absolute Gasteiger partial charge is 0.189 e. The monoisotopic (exact) mass is 292 g/mol. The van der Waals surface area contributed by atoms with Crippen LogP contribution >= 0.6 is 0 Å². The summed E-state index contributed by atoms with van der Waals surface area (Å²) in [6, 6.07) is 12.0. The summed E-state index contributed by atoms with van der Waals surface area (Å²) < 4.78 is 5.17. The van der Waals surface area contributed by atoms with E-state index in [-0.39, 0.29) is 5.78 Å². The van der Waals surface area contributed by atoms with Crippen LogP contribution in [0.1, 0.15) is 39.0 Å². The summed E-state index contributed by atoms with van der Waals surface area (Å²) in [7, 11) is 1.65. The molecule has 0 saturated heterocycles. The molecule has 1 aliphatic rings. The number of carbonyl (C=O) groups excluding carboxylic acids is 1. The number of aryl methyl sites for hydroxylation is 2. The lowest BCUT2D eigenvalue weighted by atomic mass is 9.83. The lowest BCUT2D eigenvalue weighted by molar-refractivity contribution is 0.102. The molecule has 22 heavy (non-hydrogen) atoms. The van der Waals surface area contributed by atoms with Gasteiger partial charge in [0.15, 0.2) is 5.78 Å². The predicted molar refractivity (Wildman–Crippen MR) is 89.5 cm³/mol. The van der Waals surface area contributed by atoms with Gasteiger partial charge in [0.2, 0.25) is 0 Å². The topological polar surface area (TPSA) is 26.3 Å². The van der Waals surface area contributed by atoms with Crippen molar-refractivity contribution in [3.05, 3.63) is 69.8 Å². The van der Waals surface area contributed by atoms with Gasteiger partial charge in [0, 0.05) is 11.1 Å². The average Bonchev–Trinajstić information content (AvgIpc) is 2.51. The molecular formula is C20H20O2. The summed E-state index contributed by atoms with van der Waals surface area (Å²) in [5.41, 5.74) is 6.40. The lowest BCUT2D eigenvalue weighted by Gasteiger charge is -2.20. The number of carbonyl (C=O) groups is 1. The average molecular weight is 292 g/mol. The van der Waals surface area contributed by atoms with Crippen molar-refractivity contribution >= 4 is 11.9 Å². The number of Topliss-reactive ketones (excluding diaryl/α,β-unsaturated/α-hetero) is 1. The summed E-state index contributed by atoms with van der Waals surface area (Å²) in [6.45, 7) is 4.14. The van der Waals surface area contributed by atoms with Crippen LogP contribution < -0.4 is 4.74 Å². The molecule has 2 nitrogen and oxygen atoms in total. The van der Waals surface area contributed by atoms with E-state index in [9.17, 15) is 4.79 Å². The molecule has 2 aromatic rings. The van der Waals surface area contributed by atoms with Crippen LogP contribution in [0.25, 0.3) is 6.08 Å². The third kappa shape index (κ3) is 2.69. The molecular weight excluding hydrogens is 272 g/mol. The maximum atomic E-state index is 12.8. The summed E-state index contributed by atoms with van der Waals surface area (Å²) in [5, 5.41) is 0. The number of hydrogen-bond acceptors (Lipinski definition) is 2. The number of methoxy groups -OCH3 is 1. The van der Waals surface area contributed by atoms with E-state index >= 15 is 0 Å². The number of rotatable bonds is 2. The van der Waals surface area contributed by atoms with E-state index in [2.05, 4.69) is 13.0 Å². The molecule has 2 aromatic carbocycles. The fourth-order valence-corrected chi connectivity index (χ4v) is 3.12. The van der Waals surface area contributed by atoms with Gasteiger partial charge < -0.3 is 4.74 Å². The number of hydrogen-bond donors (Lipinski definition) is 0. The largest absolute Gasteiger partial charge is 0.497 e. The van der Waals surface area contributed by atoms with Gasteiger partial charge in [-0.1, -0.05) is 23.8 Å². The normalized spacial score (nSPS) is 15.8. The molecule has 0 spiro atoms. The molecule has 0 radical (unpaired) electrons. The van der Waals surface area contributed by atoms with E-state index in [0.29, 0.717) is 0 Å². The molecule has 0 N–H and O–H groups in total. The van der Waals surface area contributed by atoms with Crippen LogP contribution in [-0.2, 0) is 6.42 Å². The van der Waals surface area contributed by atoms with Crippen molar-refractivity contribution < 1.29 is 9.53 Å². The maximum Gasteiger partial charge on any atom is 0.189 e. The van der Waals surface area contributed by atoms with E-state index in [1.807, 2.05) is 43.3 Å². The van der Waals surface area contributed by atoms with E-state index < -0.39 is 0 Å². The Balaban J connectivity index is 1.96. The van der Waals surface area contributed by atoms with Gasteiger partial charge in [0.1, 0.15) is 5.75 Å². The Kier molecular flexibility index (Phi) is 3.84. The van der Waals surface area contributed by atoms with Crippen molar-refractivity contribution in [2.45, 2.75) is 26.7 Å². The van der Waals surface area contributed by atoms with Crippen LogP contribution in [0.5, 0.6) is 5.75 Å². The molecule has 0 saturated carbocycles. The van der Waals surface area contributed by atoms with Gasteiger partial charge in [-0.2, -0.15) is 0 Å². The summed E-state index contributed by atoms with van der Waals surface area (Å²) in [5.74, 6) is 0.998. The Bertz CT molecular complexity index is 752. The molecule has 0 bridgehead atoms. The Labute approximate surface area is 131 Å². The third-order valence-corrected chi connectivity index (χ3v) is 4.25. The molecule has 0 aliphatic heterocycles. The second-order valence-electron chi connectivity index (χ2n) is 5.88. The zero-order chi connectivity index (χ0) is 15.7. The lowest BCUT2D eigenvalue weighted by Crippen LogP contribution is -2.15. The van der Waals surface area contributed by atoms with Crippen LogP contribution in [0.2, 0.25) is 0 Å². The second kappa shape index (κ2) is 5.80. The van der Waals surface area contributed by atoms with Gasteiger partial charge in [0.05, 0.1) is 7.11 Å². The summed E-state index contributed by atoms with van der Waals surface area (Å²) >= 11 is 0. The van der Waals surface area contributed by atoms with E-state index in [4.69, 9.17) is 4.74 Å². The zero-order valence-corrected chi connectivity index (χ0v) is 13.3. The Morgan fingerprint density at radius 2 is 1.77 bits per heavy atom. The number of ether oxygens (including phenoxy) is 1. The maximum absolute atomic E-state index is 12.8. The van der Waals surface area contributed by atoms with Crippen molar-refractivity contribution in [3.8, 4) is 5.75 Å². The van der Waals surface area contributed by atoms with Crippen LogP contribution in [0, 0.1) is 13.8 Å². The number of fused-ring (bicyclic) bond motifs is 1. The first-order chi connectivity index (χ1) is 10.6. The Hall–Kier alpha value is -2.35. The van der Waals surface area contributed by atoms with E-state index in [1.54, 1.807) is 7.11 Å². The van der Waals surface area contributed by atoms with Crippen molar-refractivity contribution in [1.82, 2.24) is 0 Å². The highest BCUT2D eigenvalue weighted by Crippen LogP contribution is 2.30. The molecule has 0 fully saturated rings. The molecule has 0 unspecified atom stereocenters. The minimum atomic E-state index is 0.170. The molecule has 0 atom stereocenters. The van der Waals surface area contributed by atoms with Crippen LogP contribution in [0.3, 0.4) is 0 Å². The molecule has 3 rings (SSSR count). The fourth-order valence-electron chi connectivity index (χ4n) is 3.12. The highest BCUT2D eigenvalue weighted by molar-refractivity contribution is 6.13. The zero-order valence-electron chi connectivity index (χ0n) is 13.3. The molecule has 0 heterocycles. The molecule has 2 heteroatoms. The predicted octanol–water partition coefficient (Wildman–Crippen LogP) is 4.52. The second-order valence-corrected chi connectivity index (χ2v) is 5.88. The van der Waals surface area contributed by atoms with E-state index in [0.717, 1.165) is 40.9 Å². The number of allylic oxidation sites excluding steroid dienone is 1. The number of ketones is 1. The fraction of sp³-hybridized carbons (Fsp3) is 0.250. The summed E-state index contributed by atoms with van der Waals surface area (Å²) in [4.78, 5) is 12.8. The Morgan fingerprint density at radius 3 is 2.45 bits per heavy atom. The number of benzene rings is 2. The van der Waals surface area contributed by atoms with Crippen molar-refractivity contribution in [2.24, 2.45) is 0 Å². The summed E-state index contributed by atoms with van der Waals surface area (Å²) in [6.07, 6.45) is 3.75. The highest BCUT2D eigenvalue weighted by Gasteiger charge is 2.23. The van der Waals surface area contributed by atoms with Gasteiger partial charge in [-0.25, -0.2) is 0 Å². The van der Waals surface area contributed by atoms with Gasteiger partial charge in [-0.05, 0) is 67.7 Å². The first kappa shape index (κ1) is 14.6. The molecule has 1 aliphatic carbocycles. The minimum absolute atomic E-state index is 0.170. The van der Waals surface area contributed by atoms with Crippen molar-refractivity contribution in [2.75, 3.05) is 7.11 Å². The van der Waals surface area contributed by atoms with E-state index in [1.165, 1.54) is 11.1 Å².